The van der Waals surface area contributed by atoms with Crippen molar-refractivity contribution in [1.29, 1.82) is 0 Å². The van der Waals surface area contributed by atoms with Gasteiger partial charge in [-0.2, -0.15) is 0 Å². The third kappa shape index (κ3) is 3.30. The number of carbonyl (C=O) groups excluding carboxylic acids is 1. The summed E-state index contributed by atoms with van der Waals surface area (Å²) in [7, 11) is 1.34. The van der Waals surface area contributed by atoms with Gasteiger partial charge in [-0.3, -0.25) is 4.79 Å². The first-order valence-corrected chi connectivity index (χ1v) is 5.35. The predicted octanol–water partition coefficient (Wildman–Crippen LogP) is 3.00. The van der Waals surface area contributed by atoms with Crippen molar-refractivity contribution < 1.29 is 13.9 Å². The smallest absolute Gasteiger partial charge is 0.305 e. The van der Waals surface area contributed by atoms with Crippen molar-refractivity contribution in [2.24, 2.45) is 0 Å². The molecule has 0 unspecified atom stereocenters. The van der Waals surface area contributed by atoms with Gasteiger partial charge < -0.3 is 4.74 Å². The Bertz CT molecular complexity index is 377. The number of esters is 1. The average Bonchev–Trinajstić information content (AvgIpc) is 2.20. The molecule has 1 aromatic carbocycles. The molecule has 0 aromatic heterocycles. The standard InChI is InChI=1S/C11H12BrFO2/c1-7-5-8(3-4-10(14)15-2)11(12)9(13)6-7/h5-6H,3-4H2,1-2H3. The van der Waals surface area contributed by atoms with Crippen LogP contribution < -0.4 is 0 Å². The molecule has 0 aliphatic carbocycles. The zero-order valence-corrected chi connectivity index (χ0v) is 10.2. The van der Waals surface area contributed by atoms with E-state index in [0.717, 1.165) is 11.1 Å². The summed E-state index contributed by atoms with van der Waals surface area (Å²) in [4.78, 5) is 10.9. The van der Waals surface area contributed by atoms with E-state index < -0.39 is 0 Å². The maximum atomic E-state index is 13.3. The van der Waals surface area contributed by atoms with Gasteiger partial charge >= 0.3 is 5.97 Å². The Balaban J connectivity index is 2.81. The lowest BCUT2D eigenvalue weighted by Crippen LogP contribution is -2.03. The highest BCUT2D eigenvalue weighted by Crippen LogP contribution is 2.23. The van der Waals surface area contributed by atoms with Crippen molar-refractivity contribution in [2.45, 2.75) is 19.8 Å². The summed E-state index contributed by atoms with van der Waals surface area (Å²) in [6.45, 7) is 1.82. The molecule has 15 heavy (non-hydrogen) atoms. The van der Waals surface area contributed by atoms with E-state index in [0.29, 0.717) is 10.9 Å². The fourth-order valence-electron chi connectivity index (χ4n) is 1.32. The molecule has 2 nitrogen and oxygen atoms in total. The SMILES string of the molecule is COC(=O)CCc1cc(C)cc(F)c1Br. The molecule has 0 aliphatic heterocycles. The zero-order chi connectivity index (χ0) is 11.4. The number of benzene rings is 1. The van der Waals surface area contributed by atoms with Crippen LogP contribution in [-0.2, 0) is 16.0 Å². The van der Waals surface area contributed by atoms with E-state index in [2.05, 4.69) is 20.7 Å². The van der Waals surface area contributed by atoms with E-state index in [-0.39, 0.29) is 18.2 Å². The van der Waals surface area contributed by atoms with Gasteiger partial charge in [0, 0.05) is 6.42 Å². The molecule has 0 atom stereocenters. The summed E-state index contributed by atoms with van der Waals surface area (Å²) >= 11 is 3.16. The molecule has 0 heterocycles. The highest BCUT2D eigenvalue weighted by Gasteiger charge is 2.09. The molecule has 1 rings (SSSR count). The fraction of sp³-hybridized carbons (Fsp3) is 0.364. The Morgan fingerprint density at radius 2 is 2.20 bits per heavy atom. The van der Waals surface area contributed by atoms with Crippen molar-refractivity contribution in [3.63, 3.8) is 0 Å². The van der Waals surface area contributed by atoms with E-state index in [1.807, 2.05) is 13.0 Å². The second kappa shape index (κ2) is 5.26. The highest BCUT2D eigenvalue weighted by molar-refractivity contribution is 9.10. The van der Waals surface area contributed by atoms with Crippen molar-refractivity contribution in [3.05, 3.63) is 33.5 Å². The van der Waals surface area contributed by atoms with Gasteiger partial charge in [0.2, 0.25) is 0 Å². The lowest BCUT2D eigenvalue weighted by Gasteiger charge is -2.06. The minimum absolute atomic E-state index is 0.262. The van der Waals surface area contributed by atoms with E-state index in [1.54, 1.807) is 0 Å². The molecule has 1 aromatic rings. The number of carbonyl (C=O) groups is 1. The average molecular weight is 275 g/mol. The van der Waals surface area contributed by atoms with E-state index in [4.69, 9.17) is 0 Å². The summed E-state index contributed by atoms with van der Waals surface area (Å²) in [6.07, 6.45) is 0.740. The molecule has 0 spiro atoms. The highest BCUT2D eigenvalue weighted by atomic mass is 79.9. The monoisotopic (exact) mass is 274 g/mol. The third-order valence-electron chi connectivity index (χ3n) is 2.07. The molecular weight excluding hydrogens is 263 g/mol. The molecule has 0 saturated heterocycles. The second-order valence-corrected chi connectivity index (χ2v) is 4.09. The minimum atomic E-state index is -0.296. The topological polar surface area (TPSA) is 26.3 Å². The van der Waals surface area contributed by atoms with E-state index in [9.17, 15) is 9.18 Å². The zero-order valence-electron chi connectivity index (χ0n) is 8.64. The van der Waals surface area contributed by atoms with Crippen LogP contribution in [0, 0.1) is 12.7 Å². The van der Waals surface area contributed by atoms with Crippen LogP contribution in [0.1, 0.15) is 17.5 Å². The number of aryl methyl sites for hydroxylation is 2. The van der Waals surface area contributed by atoms with Gasteiger partial charge in [0.05, 0.1) is 11.6 Å². The molecular formula is C11H12BrFO2. The summed E-state index contributed by atoms with van der Waals surface area (Å²) in [5.74, 6) is -0.585. The van der Waals surface area contributed by atoms with Crippen LogP contribution in [0.2, 0.25) is 0 Å². The molecule has 0 aliphatic rings. The lowest BCUT2D eigenvalue weighted by atomic mass is 10.1. The van der Waals surface area contributed by atoms with Crippen LogP contribution in [0.3, 0.4) is 0 Å². The quantitative estimate of drug-likeness (QED) is 0.793. The molecule has 4 heteroatoms. The second-order valence-electron chi connectivity index (χ2n) is 3.30. The maximum absolute atomic E-state index is 13.3. The lowest BCUT2D eigenvalue weighted by molar-refractivity contribution is -0.140. The summed E-state index contributed by atoms with van der Waals surface area (Å²) in [6, 6.07) is 3.31. The van der Waals surface area contributed by atoms with Crippen molar-refractivity contribution >= 4 is 21.9 Å². The van der Waals surface area contributed by atoms with Crippen LogP contribution in [0.15, 0.2) is 16.6 Å². The molecule has 0 N–H and O–H groups in total. The van der Waals surface area contributed by atoms with Gasteiger partial charge in [0.25, 0.3) is 0 Å². The molecule has 0 bridgehead atoms. The van der Waals surface area contributed by atoms with Gasteiger partial charge in [0.15, 0.2) is 0 Å². The number of ether oxygens (including phenoxy) is 1. The Labute approximate surface area is 96.6 Å². The molecule has 0 fully saturated rings. The summed E-state index contributed by atoms with van der Waals surface area (Å²) in [5, 5.41) is 0. The number of rotatable bonds is 3. The predicted molar refractivity (Wildman–Crippen MR) is 59.2 cm³/mol. The van der Waals surface area contributed by atoms with E-state index >= 15 is 0 Å². The van der Waals surface area contributed by atoms with Crippen molar-refractivity contribution in [3.8, 4) is 0 Å². The summed E-state index contributed by atoms with van der Waals surface area (Å²) in [5.41, 5.74) is 1.63. The van der Waals surface area contributed by atoms with Crippen LogP contribution in [-0.4, -0.2) is 13.1 Å². The molecule has 82 valence electrons. The van der Waals surface area contributed by atoms with Crippen LogP contribution in [0.5, 0.6) is 0 Å². The largest absolute Gasteiger partial charge is 0.469 e. The first-order valence-electron chi connectivity index (χ1n) is 4.56. The minimum Gasteiger partial charge on any atom is -0.469 e. The molecule has 0 amide bonds. The molecule has 0 radical (unpaired) electrons. The Morgan fingerprint density at radius 1 is 1.53 bits per heavy atom. The van der Waals surface area contributed by atoms with Crippen molar-refractivity contribution in [2.75, 3.05) is 7.11 Å². The first-order chi connectivity index (χ1) is 7.04. The van der Waals surface area contributed by atoms with Gasteiger partial charge in [-0.25, -0.2) is 4.39 Å². The Hall–Kier alpha value is -0.900. The Morgan fingerprint density at radius 3 is 2.80 bits per heavy atom. The Kier molecular flexibility index (Phi) is 4.27. The summed E-state index contributed by atoms with van der Waals surface area (Å²) < 4.78 is 18.2. The van der Waals surface area contributed by atoms with Gasteiger partial charge in [0.1, 0.15) is 5.82 Å². The van der Waals surface area contributed by atoms with Gasteiger partial charge in [-0.05, 0) is 46.5 Å². The first kappa shape index (κ1) is 12.2. The molecule has 0 saturated carbocycles. The van der Waals surface area contributed by atoms with Crippen molar-refractivity contribution in [1.82, 2.24) is 0 Å². The van der Waals surface area contributed by atoms with E-state index in [1.165, 1.54) is 13.2 Å². The number of hydrogen-bond acceptors (Lipinski definition) is 2. The number of hydrogen-bond donors (Lipinski definition) is 0. The third-order valence-corrected chi connectivity index (χ3v) is 2.96. The fourth-order valence-corrected chi connectivity index (χ4v) is 1.74. The number of halogens is 2. The van der Waals surface area contributed by atoms with Gasteiger partial charge in [-0.15, -0.1) is 0 Å². The normalized spacial score (nSPS) is 10.1. The van der Waals surface area contributed by atoms with Crippen LogP contribution >= 0.6 is 15.9 Å². The van der Waals surface area contributed by atoms with Gasteiger partial charge in [-0.1, -0.05) is 6.07 Å². The van der Waals surface area contributed by atoms with Crippen LogP contribution in [0.25, 0.3) is 0 Å². The maximum Gasteiger partial charge on any atom is 0.305 e. The number of methoxy groups -OCH3 is 1. The van der Waals surface area contributed by atoms with Crippen LogP contribution in [0.4, 0.5) is 4.39 Å².